The summed E-state index contributed by atoms with van der Waals surface area (Å²) in [6.45, 7) is 10.8. The fourth-order valence-electron chi connectivity index (χ4n) is 6.17. The van der Waals surface area contributed by atoms with Crippen molar-refractivity contribution in [2.24, 2.45) is 0 Å². The molecule has 4 saturated heterocycles. The van der Waals surface area contributed by atoms with Crippen LogP contribution in [0.1, 0.15) is 35.4 Å². The zero-order valence-electron chi connectivity index (χ0n) is 20.4. The Balaban J connectivity index is 1.13. The monoisotopic (exact) mass is 478 g/mol. The molecule has 6 heterocycles. The number of fused-ring (bicyclic) bond motifs is 2. The van der Waals surface area contributed by atoms with E-state index in [0.717, 1.165) is 60.9 Å². The molecule has 7 rings (SSSR count). The number of hydrogen-bond donors (Lipinski definition) is 2. The second kappa shape index (κ2) is 8.58. The van der Waals surface area contributed by atoms with Crippen LogP contribution in [0.4, 0.5) is 17.3 Å². The molecule has 9 heteroatoms. The molecule has 0 bridgehead atoms. The largest absolute Gasteiger partial charge is 0.486 e. The van der Waals surface area contributed by atoms with Gasteiger partial charge in [0.25, 0.3) is 0 Å². The van der Waals surface area contributed by atoms with Gasteiger partial charge in [0.15, 0.2) is 0 Å². The fraction of sp³-hybridized carbons (Fsp3) is 0.615. The van der Waals surface area contributed by atoms with Gasteiger partial charge in [0.05, 0.1) is 37.6 Å². The molecule has 9 nitrogen and oxygen atoms in total. The third-order valence-corrected chi connectivity index (χ3v) is 8.39. The number of aryl methyl sites for hydroxylation is 1. The van der Waals surface area contributed by atoms with Crippen molar-refractivity contribution in [1.82, 2.24) is 20.2 Å². The molecule has 5 aliphatic rings. The van der Waals surface area contributed by atoms with E-state index in [0.29, 0.717) is 32.3 Å². The van der Waals surface area contributed by atoms with Crippen LogP contribution < -0.4 is 20.3 Å². The number of ether oxygens (including phenoxy) is 3. The fourth-order valence-corrected chi connectivity index (χ4v) is 6.17. The first-order valence-electron chi connectivity index (χ1n) is 13.0. The highest BCUT2D eigenvalue weighted by Gasteiger charge is 2.44. The van der Waals surface area contributed by atoms with Gasteiger partial charge in [-0.15, -0.1) is 0 Å². The first-order valence-corrected chi connectivity index (χ1v) is 13.0. The first kappa shape index (κ1) is 21.8. The summed E-state index contributed by atoms with van der Waals surface area (Å²) in [6, 6.07) is 5.36. The molecular weight excluding hydrogens is 444 g/mol. The van der Waals surface area contributed by atoms with Crippen molar-refractivity contribution in [3.8, 4) is 5.75 Å². The Bertz CT molecular complexity index is 1110. The summed E-state index contributed by atoms with van der Waals surface area (Å²) >= 11 is 0. The molecule has 35 heavy (non-hydrogen) atoms. The Hall–Kier alpha value is -2.46. The molecule has 0 saturated carbocycles. The average molecular weight is 479 g/mol. The van der Waals surface area contributed by atoms with Gasteiger partial charge >= 0.3 is 0 Å². The lowest BCUT2D eigenvalue weighted by Crippen LogP contribution is -2.63. The van der Waals surface area contributed by atoms with Crippen molar-refractivity contribution in [3.63, 3.8) is 0 Å². The van der Waals surface area contributed by atoms with Gasteiger partial charge in [-0.2, -0.15) is 0 Å². The zero-order chi connectivity index (χ0) is 23.4. The minimum absolute atomic E-state index is 0.200. The molecule has 2 aromatic rings. The van der Waals surface area contributed by atoms with Crippen LogP contribution in [0, 0.1) is 6.92 Å². The number of anilines is 3. The minimum Gasteiger partial charge on any atom is -0.486 e. The van der Waals surface area contributed by atoms with Crippen LogP contribution in [0.15, 0.2) is 18.5 Å². The lowest BCUT2D eigenvalue weighted by atomic mass is 9.87. The highest BCUT2D eigenvalue weighted by Crippen LogP contribution is 2.42. The molecule has 186 valence electrons. The summed E-state index contributed by atoms with van der Waals surface area (Å²) in [5.41, 5.74) is 4.40. The van der Waals surface area contributed by atoms with Gasteiger partial charge in [-0.3, -0.25) is 4.90 Å². The first-order chi connectivity index (χ1) is 17.2. The van der Waals surface area contributed by atoms with Crippen molar-refractivity contribution >= 4 is 17.3 Å². The van der Waals surface area contributed by atoms with E-state index in [1.165, 1.54) is 37.1 Å². The summed E-state index contributed by atoms with van der Waals surface area (Å²) in [5.74, 6) is 3.27. The maximum atomic E-state index is 6.40. The van der Waals surface area contributed by atoms with E-state index in [2.05, 4.69) is 49.5 Å². The van der Waals surface area contributed by atoms with Crippen LogP contribution in [-0.4, -0.2) is 85.6 Å². The van der Waals surface area contributed by atoms with E-state index in [1.807, 2.05) is 0 Å². The predicted molar refractivity (Wildman–Crippen MR) is 133 cm³/mol. The van der Waals surface area contributed by atoms with Gasteiger partial charge in [-0.1, -0.05) is 6.07 Å². The number of rotatable bonds is 3. The van der Waals surface area contributed by atoms with Crippen LogP contribution in [0.25, 0.3) is 0 Å². The third kappa shape index (κ3) is 3.85. The normalized spacial score (nSPS) is 24.4. The molecule has 1 spiro atoms. The van der Waals surface area contributed by atoms with Crippen LogP contribution in [0.5, 0.6) is 5.75 Å². The van der Waals surface area contributed by atoms with E-state index in [4.69, 9.17) is 14.2 Å². The van der Waals surface area contributed by atoms with Crippen molar-refractivity contribution in [2.45, 2.75) is 43.9 Å². The number of piperidine rings is 1. The summed E-state index contributed by atoms with van der Waals surface area (Å²) in [6.07, 6.45) is 4.08. The SMILES string of the molecule is Cc1cc(C2CCN(C3CNC3)CC2)cc2c1OCc1c(ncnc1N1CCOC3(COC3)C1)N2. The summed E-state index contributed by atoms with van der Waals surface area (Å²) in [5, 5.41) is 7.02. The van der Waals surface area contributed by atoms with Crippen molar-refractivity contribution in [3.05, 3.63) is 35.2 Å². The average Bonchev–Trinajstić information content (AvgIpc) is 3.02. The number of nitrogens with one attached hydrogen (secondary N) is 2. The topological polar surface area (TPSA) is 84.0 Å². The van der Waals surface area contributed by atoms with Gasteiger partial charge < -0.3 is 29.7 Å². The number of nitrogens with zero attached hydrogens (tertiary/aromatic N) is 4. The maximum Gasteiger partial charge on any atom is 0.146 e. The van der Waals surface area contributed by atoms with E-state index in [-0.39, 0.29) is 5.60 Å². The lowest BCUT2D eigenvalue weighted by molar-refractivity contribution is -0.211. The zero-order valence-corrected chi connectivity index (χ0v) is 20.4. The summed E-state index contributed by atoms with van der Waals surface area (Å²) in [7, 11) is 0. The van der Waals surface area contributed by atoms with Gasteiger partial charge in [0, 0.05) is 25.7 Å². The van der Waals surface area contributed by atoms with Crippen molar-refractivity contribution in [2.75, 3.05) is 69.3 Å². The second-order valence-electron chi connectivity index (χ2n) is 10.7. The van der Waals surface area contributed by atoms with Gasteiger partial charge in [-0.05, 0) is 56.0 Å². The number of likely N-dealkylation sites (tertiary alicyclic amines) is 1. The molecule has 1 aromatic carbocycles. The van der Waals surface area contributed by atoms with Crippen LogP contribution >= 0.6 is 0 Å². The molecular formula is C26H34N6O3. The van der Waals surface area contributed by atoms with E-state index in [9.17, 15) is 0 Å². The lowest BCUT2D eigenvalue weighted by Gasteiger charge is -2.48. The van der Waals surface area contributed by atoms with Crippen molar-refractivity contribution in [1.29, 1.82) is 0 Å². The molecule has 0 unspecified atom stereocenters. The third-order valence-electron chi connectivity index (χ3n) is 8.39. The predicted octanol–water partition coefficient (Wildman–Crippen LogP) is 2.18. The summed E-state index contributed by atoms with van der Waals surface area (Å²) < 4.78 is 17.9. The van der Waals surface area contributed by atoms with E-state index >= 15 is 0 Å². The van der Waals surface area contributed by atoms with E-state index in [1.54, 1.807) is 6.33 Å². The molecule has 4 fully saturated rings. The Morgan fingerprint density at radius 1 is 1.09 bits per heavy atom. The Morgan fingerprint density at radius 3 is 2.69 bits per heavy atom. The number of morpholine rings is 1. The molecule has 2 N–H and O–H groups in total. The summed E-state index contributed by atoms with van der Waals surface area (Å²) in [4.78, 5) is 14.3. The van der Waals surface area contributed by atoms with E-state index < -0.39 is 0 Å². The Kier molecular flexibility index (Phi) is 5.34. The van der Waals surface area contributed by atoms with Gasteiger partial charge in [0.2, 0.25) is 0 Å². The molecule has 5 aliphatic heterocycles. The highest BCUT2D eigenvalue weighted by atomic mass is 16.6. The van der Waals surface area contributed by atoms with Crippen LogP contribution in [0.3, 0.4) is 0 Å². The second-order valence-corrected chi connectivity index (χ2v) is 10.7. The Morgan fingerprint density at radius 2 is 1.94 bits per heavy atom. The number of aromatic nitrogens is 2. The molecule has 0 amide bonds. The number of benzene rings is 1. The Labute approximate surface area is 206 Å². The molecule has 0 radical (unpaired) electrons. The maximum absolute atomic E-state index is 6.40. The molecule has 0 atom stereocenters. The van der Waals surface area contributed by atoms with Crippen LogP contribution in [0.2, 0.25) is 0 Å². The highest BCUT2D eigenvalue weighted by molar-refractivity contribution is 5.73. The quantitative estimate of drug-likeness (QED) is 0.690. The van der Waals surface area contributed by atoms with Crippen LogP contribution in [-0.2, 0) is 16.1 Å². The van der Waals surface area contributed by atoms with Gasteiger partial charge in [0.1, 0.15) is 35.9 Å². The molecule has 0 aliphatic carbocycles. The smallest absolute Gasteiger partial charge is 0.146 e. The minimum atomic E-state index is -0.200. The van der Waals surface area contributed by atoms with Gasteiger partial charge in [-0.25, -0.2) is 9.97 Å². The van der Waals surface area contributed by atoms with Crippen molar-refractivity contribution < 1.29 is 14.2 Å². The molecule has 1 aromatic heterocycles. The number of hydrogen-bond acceptors (Lipinski definition) is 9. The standard InChI is InChI=1S/C26H34N6O3/c1-17-8-19(18-2-4-31(5-3-18)20-10-27-11-20)9-22-23(17)34-12-21-24(30-22)28-16-29-25(21)32-6-7-35-26(13-32)14-33-15-26/h8-9,16,18,20,27H,2-7,10-15H2,1H3,(H,28,29,30).